The second-order valence-corrected chi connectivity index (χ2v) is 6.40. The third-order valence-corrected chi connectivity index (χ3v) is 4.55. The van der Waals surface area contributed by atoms with E-state index in [0.29, 0.717) is 6.04 Å². The molecule has 0 fully saturated rings. The molecule has 0 saturated heterocycles. The molecule has 1 aromatic rings. The maximum absolute atomic E-state index is 2.56. The van der Waals surface area contributed by atoms with Crippen LogP contribution in [0.3, 0.4) is 0 Å². The van der Waals surface area contributed by atoms with E-state index in [1.54, 1.807) is 0 Å². The highest BCUT2D eigenvalue weighted by Crippen LogP contribution is 2.17. The molecule has 2 heteroatoms. The second kappa shape index (κ2) is 11.5. The second-order valence-electron chi connectivity index (χ2n) is 6.40. The Bertz CT molecular complexity index is 364. The molecular weight excluding hydrogens is 268 g/mol. The van der Waals surface area contributed by atoms with Gasteiger partial charge < -0.3 is 4.90 Å². The monoisotopic (exact) mass is 305 g/mol. The highest BCUT2D eigenvalue weighted by atomic mass is 15.1. The molecule has 0 aromatic carbocycles. The minimum absolute atomic E-state index is 0.661. The molecule has 1 unspecified atom stereocenters. The van der Waals surface area contributed by atoms with Crippen LogP contribution in [0.15, 0.2) is 24.5 Å². The van der Waals surface area contributed by atoms with Gasteiger partial charge in [-0.15, -0.1) is 0 Å². The van der Waals surface area contributed by atoms with E-state index in [0.717, 1.165) is 0 Å². The number of nitrogens with zero attached hydrogens (tertiary/aromatic N) is 2. The van der Waals surface area contributed by atoms with E-state index in [-0.39, 0.29) is 0 Å². The number of anilines is 1. The first-order valence-electron chi connectivity index (χ1n) is 9.52. The van der Waals surface area contributed by atoms with Crippen LogP contribution in [-0.2, 0) is 0 Å². The fourth-order valence-corrected chi connectivity index (χ4v) is 2.96. The van der Waals surface area contributed by atoms with E-state index in [9.17, 15) is 0 Å². The Morgan fingerprint density at radius 3 is 1.86 bits per heavy atom. The molecule has 0 saturated carbocycles. The molecule has 0 amide bonds. The first kappa shape index (κ1) is 19.0. The standard InChI is InChI=1S/C20H37N2/c1-5-9-12-19(8-4)22-17-13-20(14-18-22)21(15-10-6-2)16-11-7-3/h13-14,17-19H,5-12,15-16H2,1-4H3/q+1. The van der Waals surface area contributed by atoms with Gasteiger partial charge in [-0.2, -0.15) is 0 Å². The summed E-state index contributed by atoms with van der Waals surface area (Å²) in [4.78, 5) is 2.56. The van der Waals surface area contributed by atoms with E-state index in [2.05, 4.69) is 61.7 Å². The zero-order valence-electron chi connectivity index (χ0n) is 15.4. The van der Waals surface area contributed by atoms with E-state index in [4.69, 9.17) is 0 Å². The number of hydrogen-bond donors (Lipinski definition) is 0. The first-order valence-corrected chi connectivity index (χ1v) is 9.52. The first-order chi connectivity index (χ1) is 10.8. The molecule has 0 aliphatic carbocycles. The van der Waals surface area contributed by atoms with E-state index < -0.39 is 0 Å². The molecule has 0 N–H and O–H groups in total. The third-order valence-electron chi connectivity index (χ3n) is 4.55. The summed E-state index contributed by atoms with van der Waals surface area (Å²) in [6.07, 6.45) is 14.8. The molecule has 1 atom stereocenters. The average Bonchev–Trinajstić information content (AvgIpc) is 2.56. The Morgan fingerprint density at radius 2 is 1.41 bits per heavy atom. The Hall–Kier alpha value is -1.05. The zero-order valence-corrected chi connectivity index (χ0v) is 15.4. The van der Waals surface area contributed by atoms with Gasteiger partial charge in [0.05, 0.1) is 0 Å². The predicted molar refractivity (Wildman–Crippen MR) is 97.5 cm³/mol. The Labute approximate surface area is 138 Å². The van der Waals surface area contributed by atoms with Gasteiger partial charge in [0.15, 0.2) is 18.4 Å². The van der Waals surface area contributed by atoms with Crippen molar-refractivity contribution in [1.29, 1.82) is 0 Å². The summed E-state index contributed by atoms with van der Waals surface area (Å²) < 4.78 is 2.41. The van der Waals surface area contributed by atoms with Crippen molar-refractivity contribution < 1.29 is 4.57 Å². The molecule has 0 aliphatic rings. The van der Waals surface area contributed by atoms with Gasteiger partial charge >= 0.3 is 0 Å². The smallest absolute Gasteiger partial charge is 0.171 e. The highest BCUT2D eigenvalue weighted by Gasteiger charge is 2.16. The van der Waals surface area contributed by atoms with Crippen molar-refractivity contribution in [2.24, 2.45) is 0 Å². The molecule has 22 heavy (non-hydrogen) atoms. The molecule has 1 rings (SSSR count). The van der Waals surface area contributed by atoms with E-state index in [1.165, 1.54) is 70.1 Å². The summed E-state index contributed by atoms with van der Waals surface area (Å²) >= 11 is 0. The summed E-state index contributed by atoms with van der Waals surface area (Å²) in [6, 6.07) is 5.30. The molecular formula is C20H37N2+. The Morgan fingerprint density at radius 1 is 0.864 bits per heavy atom. The summed E-state index contributed by atoms with van der Waals surface area (Å²) in [6.45, 7) is 11.5. The molecule has 0 radical (unpaired) electrons. The van der Waals surface area contributed by atoms with Crippen LogP contribution in [-0.4, -0.2) is 13.1 Å². The summed E-state index contributed by atoms with van der Waals surface area (Å²) in [5.74, 6) is 0. The van der Waals surface area contributed by atoms with Gasteiger partial charge in [-0.1, -0.05) is 47.0 Å². The minimum Gasteiger partial charge on any atom is -0.371 e. The average molecular weight is 306 g/mol. The highest BCUT2D eigenvalue weighted by molar-refractivity contribution is 5.43. The van der Waals surface area contributed by atoms with Gasteiger partial charge in [-0.25, -0.2) is 4.57 Å². The van der Waals surface area contributed by atoms with E-state index >= 15 is 0 Å². The van der Waals surface area contributed by atoms with Crippen molar-refractivity contribution >= 4 is 5.69 Å². The summed E-state index contributed by atoms with van der Waals surface area (Å²) in [5.41, 5.74) is 1.39. The minimum atomic E-state index is 0.661. The van der Waals surface area contributed by atoms with Crippen molar-refractivity contribution in [1.82, 2.24) is 0 Å². The lowest BCUT2D eigenvalue weighted by molar-refractivity contribution is -0.724. The van der Waals surface area contributed by atoms with E-state index in [1.807, 2.05) is 0 Å². The van der Waals surface area contributed by atoms with Crippen molar-refractivity contribution in [2.45, 2.75) is 85.1 Å². The van der Waals surface area contributed by atoms with Crippen molar-refractivity contribution in [3.05, 3.63) is 24.5 Å². The predicted octanol–water partition coefficient (Wildman–Crippen LogP) is 5.52. The van der Waals surface area contributed by atoms with Gasteiger partial charge in [-0.05, 0) is 19.3 Å². The number of aromatic nitrogens is 1. The summed E-state index contributed by atoms with van der Waals surface area (Å²) in [5, 5.41) is 0. The van der Waals surface area contributed by atoms with Crippen molar-refractivity contribution in [2.75, 3.05) is 18.0 Å². The molecule has 2 nitrogen and oxygen atoms in total. The molecule has 0 aliphatic heterocycles. The van der Waals surface area contributed by atoms with Crippen molar-refractivity contribution in [3.63, 3.8) is 0 Å². The fourth-order valence-electron chi connectivity index (χ4n) is 2.96. The molecule has 0 spiro atoms. The van der Waals surface area contributed by atoms with Crippen LogP contribution in [0.5, 0.6) is 0 Å². The Balaban J connectivity index is 2.73. The lowest BCUT2D eigenvalue weighted by Crippen LogP contribution is -2.39. The number of hydrogen-bond acceptors (Lipinski definition) is 1. The lowest BCUT2D eigenvalue weighted by Gasteiger charge is -2.24. The fraction of sp³-hybridized carbons (Fsp3) is 0.750. The van der Waals surface area contributed by atoms with Crippen LogP contribution < -0.4 is 9.47 Å². The largest absolute Gasteiger partial charge is 0.371 e. The maximum atomic E-state index is 2.56. The lowest BCUT2D eigenvalue weighted by atomic mass is 10.1. The maximum Gasteiger partial charge on any atom is 0.171 e. The molecule has 126 valence electrons. The number of rotatable bonds is 12. The normalized spacial score (nSPS) is 12.4. The van der Waals surface area contributed by atoms with Gasteiger partial charge in [0.2, 0.25) is 0 Å². The molecule has 0 bridgehead atoms. The van der Waals surface area contributed by atoms with Gasteiger partial charge in [0.1, 0.15) is 0 Å². The number of unbranched alkanes of at least 4 members (excludes halogenated alkanes) is 3. The van der Waals surface area contributed by atoms with Crippen LogP contribution in [0.2, 0.25) is 0 Å². The van der Waals surface area contributed by atoms with Gasteiger partial charge in [0, 0.05) is 43.8 Å². The molecule has 1 aromatic heterocycles. The quantitative estimate of drug-likeness (QED) is 0.461. The van der Waals surface area contributed by atoms with Crippen LogP contribution >= 0.6 is 0 Å². The number of pyridine rings is 1. The Kier molecular flexibility index (Phi) is 9.94. The SMILES string of the molecule is CCCCC(CC)[n+]1ccc(N(CCCC)CCCC)cc1. The van der Waals surface area contributed by atoms with Gasteiger partial charge in [0.25, 0.3) is 0 Å². The summed E-state index contributed by atoms with van der Waals surface area (Å²) in [7, 11) is 0. The van der Waals surface area contributed by atoms with Crippen molar-refractivity contribution in [3.8, 4) is 0 Å². The molecule has 1 heterocycles. The van der Waals surface area contributed by atoms with Gasteiger partial charge in [-0.3, -0.25) is 0 Å². The van der Waals surface area contributed by atoms with Crippen LogP contribution in [0.25, 0.3) is 0 Å². The topological polar surface area (TPSA) is 7.12 Å². The van der Waals surface area contributed by atoms with Crippen LogP contribution in [0, 0.1) is 0 Å². The zero-order chi connectivity index (χ0) is 16.2. The van der Waals surface area contributed by atoms with Crippen LogP contribution in [0.1, 0.15) is 85.1 Å². The third kappa shape index (κ3) is 6.37. The van der Waals surface area contributed by atoms with Crippen LogP contribution in [0.4, 0.5) is 5.69 Å².